The monoisotopic (exact) mass is 125 g/mol. The van der Waals surface area contributed by atoms with E-state index in [9.17, 15) is 0 Å². The number of rotatable bonds is 5. The molecule has 0 fully saturated rings. The second kappa shape index (κ2) is 7.67. The highest BCUT2D eigenvalue weighted by Gasteiger charge is 1.78. The molecule has 0 aromatic heterocycles. The molecule has 0 saturated carbocycles. The van der Waals surface area contributed by atoms with E-state index in [0.717, 1.165) is 19.4 Å². The van der Waals surface area contributed by atoms with Crippen molar-refractivity contribution in [3.63, 3.8) is 0 Å². The average molecular weight is 125 g/mol. The molecule has 0 saturated heterocycles. The Kier molecular flexibility index (Phi) is 7.39. The third-order valence-corrected chi connectivity index (χ3v) is 1.02. The summed E-state index contributed by atoms with van der Waals surface area (Å²) in [4.78, 5) is 4.01. The van der Waals surface area contributed by atoms with E-state index in [4.69, 9.17) is 0 Å². The molecule has 9 heavy (non-hydrogen) atoms. The van der Waals surface area contributed by atoms with Crippen molar-refractivity contribution in [1.29, 1.82) is 0 Å². The first-order valence-corrected chi connectivity index (χ1v) is 3.60. The Hall–Kier alpha value is -0.330. The Balaban J connectivity index is 2.86. The summed E-state index contributed by atoms with van der Waals surface area (Å²) >= 11 is 0. The molecule has 2 radical (unpaired) electrons. The van der Waals surface area contributed by atoms with Crippen molar-refractivity contribution < 1.29 is 0 Å². The summed E-state index contributed by atoms with van der Waals surface area (Å²) in [5.41, 5.74) is 0. The Morgan fingerprint density at radius 1 is 1.56 bits per heavy atom. The molecule has 0 heterocycles. The molecule has 0 aliphatic rings. The van der Waals surface area contributed by atoms with Crippen molar-refractivity contribution in [2.45, 2.75) is 32.6 Å². The molecule has 0 bridgehead atoms. The van der Waals surface area contributed by atoms with E-state index in [1.54, 1.807) is 0 Å². The maximum atomic E-state index is 4.01. The standard InChI is InChI=1S/C8H15N/c1-3-5-6-8-9-7-4-2/h2-7H2,1H3. The maximum absolute atomic E-state index is 4.01. The fourth-order valence-electron chi connectivity index (χ4n) is 0.493. The van der Waals surface area contributed by atoms with Gasteiger partial charge in [-0.05, 0) is 19.3 Å². The summed E-state index contributed by atoms with van der Waals surface area (Å²) < 4.78 is 0. The highest BCUT2D eigenvalue weighted by atomic mass is 14.7. The summed E-state index contributed by atoms with van der Waals surface area (Å²) in [6.45, 7) is 6.68. The lowest BCUT2D eigenvalue weighted by molar-refractivity contribution is 0.838. The summed E-state index contributed by atoms with van der Waals surface area (Å²) in [6.07, 6.45) is 7.31. The lowest BCUT2D eigenvalue weighted by Crippen LogP contribution is -1.79. The van der Waals surface area contributed by atoms with Crippen molar-refractivity contribution in [1.82, 2.24) is 0 Å². The number of unbranched alkanes of at least 4 members (excludes halogenated alkanes) is 2. The van der Waals surface area contributed by atoms with Crippen LogP contribution in [0.2, 0.25) is 0 Å². The van der Waals surface area contributed by atoms with Gasteiger partial charge in [-0.15, -0.1) is 0 Å². The van der Waals surface area contributed by atoms with E-state index in [-0.39, 0.29) is 0 Å². The third-order valence-electron chi connectivity index (χ3n) is 1.02. The molecule has 52 valence electrons. The van der Waals surface area contributed by atoms with Crippen LogP contribution in [0, 0.1) is 6.92 Å². The normalized spacial score (nSPS) is 10.9. The predicted octanol–water partition coefficient (Wildman–Crippen LogP) is 2.35. The van der Waals surface area contributed by atoms with Crippen LogP contribution >= 0.6 is 0 Å². The Morgan fingerprint density at radius 3 is 2.89 bits per heavy atom. The fraction of sp³-hybridized carbons (Fsp3) is 0.750. The zero-order valence-electron chi connectivity index (χ0n) is 6.19. The molecular formula is C8H15N. The molecule has 0 atom stereocenters. The molecule has 0 N–H and O–H groups in total. The van der Waals surface area contributed by atoms with Gasteiger partial charge < -0.3 is 0 Å². The average Bonchev–Trinajstić information content (AvgIpc) is 1.89. The van der Waals surface area contributed by atoms with E-state index >= 15 is 0 Å². The summed E-state index contributed by atoms with van der Waals surface area (Å²) in [5, 5.41) is 0. The summed E-state index contributed by atoms with van der Waals surface area (Å²) in [6, 6.07) is 0. The van der Waals surface area contributed by atoms with E-state index in [2.05, 4.69) is 25.1 Å². The van der Waals surface area contributed by atoms with Crippen LogP contribution < -0.4 is 0 Å². The topological polar surface area (TPSA) is 12.4 Å². The molecule has 1 nitrogen and oxygen atoms in total. The van der Waals surface area contributed by atoms with Crippen LogP contribution in [0.25, 0.3) is 0 Å². The molecule has 1 heteroatoms. The smallest absolute Gasteiger partial charge is 0.0558 e. The Labute approximate surface area is 58.2 Å². The van der Waals surface area contributed by atoms with Gasteiger partial charge in [0.1, 0.15) is 0 Å². The third kappa shape index (κ3) is 7.67. The van der Waals surface area contributed by atoms with Gasteiger partial charge in [-0.2, -0.15) is 0 Å². The maximum Gasteiger partial charge on any atom is 0.0558 e. The molecule has 0 unspecified atom stereocenters. The fourth-order valence-corrected chi connectivity index (χ4v) is 0.493. The van der Waals surface area contributed by atoms with Gasteiger partial charge in [0.15, 0.2) is 0 Å². The van der Waals surface area contributed by atoms with Gasteiger partial charge in [-0.25, -0.2) is 0 Å². The highest BCUT2D eigenvalue weighted by molar-refractivity contribution is 5.56. The largest absolute Gasteiger partial charge is 0.288 e. The minimum atomic E-state index is 0.837. The van der Waals surface area contributed by atoms with Gasteiger partial charge in [0.25, 0.3) is 0 Å². The SMILES string of the molecule is [CH2]CC/N=[C]\CCCC. The minimum absolute atomic E-state index is 0.837. The summed E-state index contributed by atoms with van der Waals surface area (Å²) in [5.74, 6) is 0. The second-order valence-corrected chi connectivity index (χ2v) is 2.00. The molecule has 0 aromatic rings. The minimum Gasteiger partial charge on any atom is -0.288 e. The Bertz CT molecular complexity index is 67.0. The Morgan fingerprint density at radius 2 is 2.33 bits per heavy atom. The molecule has 0 amide bonds. The van der Waals surface area contributed by atoms with Crippen LogP contribution in [-0.2, 0) is 0 Å². The van der Waals surface area contributed by atoms with Crippen LogP contribution in [0.3, 0.4) is 0 Å². The van der Waals surface area contributed by atoms with Crippen LogP contribution in [0.4, 0.5) is 0 Å². The molecule has 0 aliphatic carbocycles. The number of nitrogens with zero attached hydrogens (tertiary/aromatic N) is 1. The van der Waals surface area contributed by atoms with Gasteiger partial charge in [0.05, 0.1) is 6.21 Å². The van der Waals surface area contributed by atoms with Gasteiger partial charge in [0.2, 0.25) is 0 Å². The van der Waals surface area contributed by atoms with Gasteiger partial charge in [-0.3, -0.25) is 4.99 Å². The van der Waals surface area contributed by atoms with Crippen molar-refractivity contribution in [2.24, 2.45) is 4.99 Å². The van der Waals surface area contributed by atoms with Crippen LogP contribution in [0.15, 0.2) is 4.99 Å². The van der Waals surface area contributed by atoms with E-state index in [1.165, 1.54) is 12.8 Å². The van der Waals surface area contributed by atoms with Crippen molar-refractivity contribution in [2.75, 3.05) is 6.54 Å². The highest BCUT2D eigenvalue weighted by Crippen LogP contribution is 1.89. The first kappa shape index (κ1) is 8.67. The van der Waals surface area contributed by atoms with Crippen LogP contribution in [0.5, 0.6) is 0 Å². The first-order chi connectivity index (χ1) is 4.41. The van der Waals surface area contributed by atoms with Crippen molar-refractivity contribution in [3.8, 4) is 0 Å². The van der Waals surface area contributed by atoms with Crippen LogP contribution in [0.1, 0.15) is 32.6 Å². The van der Waals surface area contributed by atoms with E-state index < -0.39 is 0 Å². The molecular weight excluding hydrogens is 110 g/mol. The number of hydrogen-bond donors (Lipinski definition) is 0. The lowest BCUT2D eigenvalue weighted by atomic mass is 10.3. The molecule has 0 aliphatic heterocycles. The molecule has 0 spiro atoms. The summed E-state index contributed by atoms with van der Waals surface area (Å²) in [7, 11) is 0. The quantitative estimate of drug-likeness (QED) is 0.395. The molecule has 0 rings (SSSR count). The van der Waals surface area contributed by atoms with E-state index in [1.807, 2.05) is 0 Å². The van der Waals surface area contributed by atoms with Gasteiger partial charge in [-0.1, -0.05) is 20.3 Å². The zero-order valence-corrected chi connectivity index (χ0v) is 6.19. The van der Waals surface area contributed by atoms with E-state index in [0.29, 0.717) is 0 Å². The first-order valence-electron chi connectivity index (χ1n) is 3.60. The van der Waals surface area contributed by atoms with Gasteiger partial charge in [0, 0.05) is 6.54 Å². The number of aliphatic imine (C=N–C) groups is 1. The predicted molar refractivity (Wildman–Crippen MR) is 41.8 cm³/mol. The number of hydrogen-bond acceptors (Lipinski definition) is 1. The zero-order chi connectivity index (χ0) is 6.95. The van der Waals surface area contributed by atoms with Crippen LogP contribution in [-0.4, -0.2) is 12.8 Å². The molecule has 0 aromatic carbocycles. The van der Waals surface area contributed by atoms with Crippen molar-refractivity contribution >= 4 is 6.21 Å². The van der Waals surface area contributed by atoms with Gasteiger partial charge >= 0.3 is 0 Å². The second-order valence-electron chi connectivity index (χ2n) is 2.00. The van der Waals surface area contributed by atoms with Crippen molar-refractivity contribution in [3.05, 3.63) is 6.92 Å². The lowest BCUT2D eigenvalue weighted by Gasteiger charge is -1.86.